The number of aromatic hydroxyl groups is 1. The van der Waals surface area contributed by atoms with E-state index in [1.165, 1.54) is 23.9 Å². The molecule has 0 radical (unpaired) electrons. The summed E-state index contributed by atoms with van der Waals surface area (Å²) in [5, 5.41) is 10.4. The zero-order chi connectivity index (χ0) is 18.5. The van der Waals surface area contributed by atoms with Crippen molar-refractivity contribution in [1.29, 1.82) is 0 Å². The van der Waals surface area contributed by atoms with Crippen molar-refractivity contribution in [2.45, 2.75) is 12.7 Å². The quantitative estimate of drug-likeness (QED) is 0.497. The van der Waals surface area contributed by atoms with Crippen LogP contribution in [0.2, 0.25) is 0 Å². The minimum atomic E-state index is -0.304. The Morgan fingerprint density at radius 3 is 2.65 bits per heavy atom. The van der Waals surface area contributed by atoms with E-state index < -0.39 is 0 Å². The highest BCUT2D eigenvalue weighted by Crippen LogP contribution is 2.32. The van der Waals surface area contributed by atoms with E-state index in [0.29, 0.717) is 40.2 Å². The van der Waals surface area contributed by atoms with E-state index in [1.54, 1.807) is 37.3 Å². The number of furan rings is 1. The van der Waals surface area contributed by atoms with Gasteiger partial charge < -0.3 is 14.3 Å². The van der Waals surface area contributed by atoms with Gasteiger partial charge >= 0.3 is 5.97 Å². The van der Waals surface area contributed by atoms with E-state index in [0.717, 1.165) is 0 Å². The maximum atomic E-state index is 13.0. The molecule has 0 saturated carbocycles. The zero-order valence-corrected chi connectivity index (χ0v) is 15.0. The number of benzene rings is 2. The highest BCUT2D eigenvalue weighted by Gasteiger charge is 2.22. The molecule has 3 aromatic rings. The first kappa shape index (κ1) is 18.1. The van der Waals surface area contributed by atoms with Gasteiger partial charge in [0.1, 0.15) is 17.1 Å². The third-order valence-corrected chi connectivity index (χ3v) is 4.67. The van der Waals surface area contributed by atoms with Gasteiger partial charge in [-0.3, -0.25) is 9.59 Å². The Morgan fingerprint density at radius 1 is 1.15 bits per heavy atom. The number of hydrogen-bond donors (Lipinski definition) is 1. The van der Waals surface area contributed by atoms with Crippen molar-refractivity contribution >= 4 is 34.5 Å². The van der Waals surface area contributed by atoms with Gasteiger partial charge in [0.25, 0.3) is 0 Å². The summed E-state index contributed by atoms with van der Waals surface area (Å²) in [5.74, 6) is 0.584. The minimum Gasteiger partial charge on any atom is -0.508 e. The Hall–Kier alpha value is -2.73. The Labute approximate surface area is 155 Å². The van der Waals surface area contributed by atoms with Gasteiger partial charge in [-0.25, -0.2) is 0 Å². The lowest BCUT2D eigenvalue weighted by Crippen LogP contribution is -2.07. The molecular weight excluding hydrogens is 352 g/mol. The number of carbonyl (C=O) groups is 2. The van der Waals surface area contributed by atoms with E-state index in [-0.39, 0.29) is 23.3 Å². The van der Waals surface area contributed by atoms with Gasteiger partial charge in [0.2, 0.25) is 0 Å². The molecule has 26 heavy (non-hydrogen) atoms. The second-order valence-corrected chi connectivity index (χ2v) is 6.56. The molecule has 0 aliphatic rings. The molecule has 0 amide bonds. The monoisotopic (exact) mass is 370 g/mol. The number of phenols is 1. The van der Waals surface area contributed by atoms with Crippen LogP contribution in [0.25, 0.3) is 11.0 Å². The summed E-state index contributed by atoms with van der Waals surface area (Å²) in [4.78, 5) is 24.5. The summed E-state index contributed by atoms with van der Waals surface area (Å²) in [6.07, 6.45) is 0. The molecule has 0 saturated heterocycles. The number of ether oxygens (including phenoxy) is 1. The van der Waals surface area contributed by atoms with E-state index in [4.69, 9.17) is 9.15 Å². The number of phenolic OH excluding ortho intramolecular Hbond substituents is 1. The molecule has 0 atom stereocenters. The van der Waals surface area contributed by atoms with Crippen molar-refractivity contribution in [3.63, 3.8) is 0 Å². The number of hydrogen-bond acceptors (Lipinski definition) is 6. The number of fused-ring (bicyclic) bond motifs is 1. The first-order valence-electron chi connectivity index (χ1n) is 8.17. The second kappa shape index (κ2) is 8.10. The number of carbonyl (C=O) groups excluding carboxylic acids is 2. The highest BCUT2D eigenvalue weighted by molar-refractivity contribution is 7.99. The molecule has 0 aliphatic heterocycles. The Balaban J connectivity index is 1.94. The average Bonchev–Trinajstić information content (AvgIpc) is 2.99. The molecule has 0 aliphatic carbocycles. The fourth-order valence-electron chi connectivity index (χ4n) is 2.65. The van der Waals surface area contributed by atoms with Gasteiger partial charge in [0.05, 0.1) is 23.7 Å². The van der Waals surface area contributed by atoms with Crippen LogP contribution in [-0.4, -0.2) is 29.2 Å². The molecule has 0 bridgehead atoms. The van der Waals surface area contributed by atoms with E-state index in [1.807, 2.05) is 6.07 Å². The number of esters is 1. The van der Waals surface area contributed by atoms with Crippen LogP contribution < -0.4 is 0 Å². The lowest BCUT2D eigenvalue weighted by molar-refractivity contribution is -0.139. The van der Waals surface area contributed by atoms with E-state index in [9.17, 15) is 14.7 Å². The molecule has 1 N–H and O–H groups in total. The van der Waals surface area contributed by atoms with Crippen LogP contribution in [0, 0.1) is 0 Å². The zero-order valence-electron chi connectivity index (χ0n) is 14.2. The maximum Gasteiger partial charge on any atom is 0.315 e. The predicted octanol–water partition coefficient (Wildman–Crippen LogP) is 4.17. The van der Waals surface area contributed by atoms with E-state index in [2.05, 4.69) is 0 Å². The fraction of sp³-hybridized carbons (Fsp3) is 0.200. The normalized spacial score (nSPS) is 10.8. The van der Waals surface area contributed by atoms with Crippen LogP contribution in [0.1, 0.15) is 28.6 Å². The van der Waals surface area contributed by atoms with Crippen LogP contribution in [-0.2, 0) is 15.3 Å². The standard InChI is InChI=1S/C20H18O5S/c1-2-24-18(22)12-26-11-17-19(20(23)13-6-4-3-5-7-13)15-10-14(21)8-9-16(15)25-17/h3-10,21H,2,11-12H2,1H3. The summed E-state index contributed by atoms with van der Waals surface area (Å²) < 4.78 is 10.7. The topological polar surface area (TPSA) is 76.7 Å². The number of rotatable bonds is 7. The summed E-state index contributed by atoms with van der Waals surface area (Å²) in [6, 6.07) is 13.6. The Morgan fingerprint density at radius 2 is 1.92 bits per heavy atom. The van der Waals surface area contributed by atoms with Gasteiger partial charge in [-0.15, -0.1) is 11.8 Å². The molecule has 6 heteroatoms. The van der Waals surface area contributed by atoms with Crippen LogP contribution in [0.3, 0.4) is 0 Å². The molecule has 134 valence electrons. The fourth-order valence-corrected chi connectivity index (χ4v) is 3.39. The van der Waals surface area contributed by atoms with E-state index >= 15 is 0 Å². The first-order chi connectivity index (χ1) is 12.6. The lowest BCUT2D eigenvalue weighted by atomic mass is 10.0. The second-order valence-electron chi connectivity index (χ2n) is 5.57. The van der Waals surface area contributed by atoms with Crippen molar-refractivity contribution in [3.05, 3.63) is 65.4 Å². The SMILES string of the molecule is CCOC(=O)CSCc1oc2ccc(O)cc2c1C(=O)c1ccccc1. The smallest absolute Gasteiger partial charge is 0.315 e. The summed E-state index contributed by atoms with van der Waals surface area (Å²) >= 11 is 1.32. The molecule has 1 aromatic heterocycles. The van der Waals surface area contributed by atoms with Crippen LogP contribution >= 0.6 is 11.8 Å². The summed E-state index contributed by atoms with van der Waals surface area (Å²) in [5.41, 5.74) is 1.47. The molecule has 3 rings (SSSR count). The third kappa shape index (κ3) is 3.91. The van der Waals surface area contributed by atoms with Gasteiger partial charge in [-0.1, -0.05) is 30.3 Å². The molecule has 0 spiro atoms. The largest absolute Gasteiger partial charge is 0.508 e. The Kier molecular flexibility index (Phi) is 5.63. The van der Waals surface area contributed by atoms with Crippen molar-refractivity contribution in [3.8, 4) is 5.75 Å². The predicted molar refractivity (Wildman–Crippen MR) is 101 cm³/mol. The number of thioether (sulfide) groups is 1. The molecule has 0 unspecified atom stereocenters. The summed E-state index contributed by atoms with van der Waals surface area (Å²) in [6.45, 7) is 2.09. The average molecular weight is 370 g/mol. The molecule has 2 aromatic carbocycles. The molecular formula is C20H18O5S. The van der Waals surface area contributed by atoms with Crippen LogP contribution in [0.15, 0.2) is 52.9 Å². The van der Waals surface area contributed by atoms with Gasteiger partial charge in [0.15, 0.2) is 5.78 Å². The van der Waals surface area contributed by atoms with Gasteiger partial charge in [-0.2, -0.15) is 0 Å². The lowest BCUT2D eigenvalue weighted by Gasteiger charge is -2.04. The molecule has 1 heterocycles. The van der Waals surface area contributed by atoms with Crippen LogP contribution in [0.5, 0.6) is 5.75 Å². The highest BCUT2D eigenvalue weighted by atomic mass is 32.2. The van der Waals surface area contributed by atoms with Crippen LogP contribution in [0.4, 0.5) is 0 Å². The minimum absolute atomic E-state index is 0.0612. The van der Waals surface area contributed by atoms with Crippen molar-refractivity contribution < 1.29 is 23.8 Å². The van der Waals surface area contributed by atoms with Crippen molar-refractivity contribution in [2.24, 2.45) is 0 Å². The molecule has 0 fully saturated rings. The van der Waals surface area contributed by atoms with Crippen molar-refractivity contribution in [2.75, 3.05) is 12.4 Å². The first-order valence-corrected chi connectivity index (χ1v) is 9.33. The Bertz CT molecular complexity index is 930. The summed E-state index contributed by atoms with van der Waals surface area (Å²) in [7, 11) is 0. The number of ketones is 1. The molecule has 5 nitrogen and oxygen atoms in total. The van der Waals surface area contributed by atoms with Gasteiger partial charge in [-0.05, 0) is 25.1 Å². The maximum absolute atomic E-state index is 13.0. The van der Waals surface area contributed by atoms with Gasteiger partial charge in [0, 0.05) is 10.9 Å². The third-order valence-electron chi connectivity index (χ3n) is 3.77. The van der Waals surface area contributed by atoms with Crippen molar-refractivity contribution in [1.82, 2.24) is 0 Å².